The molecule has 1 saturated heterocycles. The van der Waals surface area contributed by atoms with Gasteiger partial charge in [-0.2, -0.15) is 0 Å². The van der Waals surface area contributed by atoms with Gasteiger partial charge >= 0.3 is 5.97 Å². The zero-order chi connectivity index (χ0) is 12.0. The molecule has 92 valence electrons. The number of amides is 1. The zero-order valence-electron chi connectivity index (χ0n) is 9.99. The molecule has 5 nitrogen and oxygen atoms in total. The van der Waals surface area contributed by atoms with Gasteiger partial charge in [-0.1, -0.05) is 0 Å². The maximum absolute atomic E-state index is 11.0. The van der Waals surface area contributed by atoms with Crippen molar-refractivity contribution in [3.05, 3.63) is 0 Å². The third kappa shape index (κ3) is 4.61. The van der Waals surface area contributed by atoms with Crippen molar-refractivity contribution in [1.29, 1.82) is 0 Å². The minimum atomic E-state index is -0.179. The van der Waals surface area contributed by atoms with Crippen LogP contribution in [-0.2, 0) is 14.3 Å². The van der Waals surface area contributed by atoms with Crippen LogP contribution in [-0.4, -0.2) is 49.6 Å². The van der Waals surface area contributed by atoms with Crippen molar-refractivity contribution in [3.8, 4) is 0 Å². The number of esters is 1. The Hall–Kier alpha value is -1.10. The van der Waals surface area contributed by atoms with Crippen molar-refractivity contribution >= 4 is 11.9 Å². The molecule has 1 fully saturated rings. The summed E-state index contributed by atoms with van der Waals surface area (Å²) in [6, 6.07) is 0.226. The summed E-state index contributed by atoms with van der Waals surface area (Å²) in [5.41, 5.74) is 0. The van der Waals surface area contributed by atoms with E-state index in [-0.39, 0.29) is 17.9 Å². The third-order valence-corrected chi connectivity index (χ3v) is 2.77. The fraction of sp³-hybridized carbons (Fsp3) is 0.818. The second kappa shape index (κ2) is 6.48. The monoisotopic (exact) mass is 228 g/mol. The maximum atomic E-state index is 11.0. The number of nitrogens with zero attached hydrogens (tertiary/aromatic N) is 1. The summed E-state index contributed by atoms with van der Waals surface area (Å²) in [4.78, 5) is 24.1. The number of carbonyl (C=O) groups excluding carboxylic acids is 2. The minimum Gasteiger partial charge on any atom is -0.469 e. The summed E-state index contributed by atoms with van der Waals surface area (Å²) in [6.45, 7) is 4.07. The molecule has 1 rings (SSSR count). The molecule has 5 heteroatoms. The van der Waals surface area contributed by atoms with Crippen LogP contribution < -0.4 is 5.32 Å². The Kier molecular flexibility index (Phi) is 5.25. The molecule has 0 aromatic rings. The van der Waals surface area contributed by atoms with Crippen molar-refractivity contribution in [3.63, 3.8) is 0 Å². The van der Waals surface area contributed by atoms with E-state index in [1.54, 1.807) is 0 Å². The largest absolute Gasteiger partial charge is 0.469 e. The standard InChI is InChI=1S/C11H20N2O3/c1-9(14)12-10-4-3-6-13(8-10)7-5-11(15)16-2/h10H,3-8H2,1-2H3,(H,12,14). The van der Waals surface area contributed by atoms with E-state index >= 15 is 0 Å². The number of piperidine rings is 1. The second-order valence-corrected chi connectivity index (χ2v) is 4.17. The van der Waals surface area contributed by atoms with E-state index < -0.39 is 0 Å². The smallest absolute Gasteiger partial charge is 0.306 e. The van der Waals surface area contributed by atoms with E-state index in [2.05, 4.69) is 15.0 Å². The van der Waals surface area contributed by atoms with Crippen LogP contribution in [0.2, 0.25) is 0 Å². The van der Waals surface area contributed by atoms with Gasteiger partial charge in [0.25, 0.3) is 0 Å². The van der Waals surface area contributed by atoms with Gasteiger partial charge in [0.2, 0.25) is 5.91 Å². The Morgan fingerprint density at radius 1 is 1.50 bits per heavy atom. The summed E-state index contributed by atoms with van der Waals surface area (Å²) >= 11 is 0. The lowest BCUT2D eigenvalue weighted by molar-refractivity contribution is -0.141. The predicted molar refractivity (Wildman–Crippen MR) is 59.9 cm³/mol. The van der Waals surface area contributed by atoms with Crippen molar-refractivity contribution < 1.29 is 14.3 Å². The first-order valence-electron chi connectivity index (χ1n) is 5.68. The van der Waals surface area contributed by atoms with Gasteiger partial charge in [0.15, 0.2) is 0 Å². The highest BCUT2D eigenvalue weighted by molar-refractivity contribution is 5.73. The number of methoxy groups -OCH3 is 1. The lowest BCUT2D eigenvalue weighted by Gasteiger charge is -2.32. The SMILES string of the molecule is COC(=O)CCN1CCCC(NC(C)=O)C1. The molecule has 0 radical (unpaired) electrons. The van der Waals surface area contributed by atoms with Crippen LogP contribution in [0.3, 0.4) is 0 Å². The number of hydrogen-bond donors (Lipinski definition) is 1. The first-order valence-corrected chi connectivity index (χ1v) is 5.68. The molecule has 0 spiro atoms. The van der Waals surface area contributed by atoms with Gasteiger partial charge in [0.05, 0.1) is 13.5 Å². The van der Waals surface area contributed by atoms with E-state index in [1.165, 1.54) is 14.0 Å². The Bertz CT molecular complexity index is 256. The highest BCUT2D eigenvalue weighted by atomic mass is 16.5. The van der Waals surface area contributed by atoms with Crippen LogP contribution in [0.1, 0.15) is 26.2 Å². The maximum Gasteiger partial charge on any atom is 0.306 e. The predicted octanol–water partition coefficient (Wildman–Crippen LogP) is 0.150. The van der Waals surface area contributed by atoms with Gasteiger partial charge in [-0.05, 0) is 19.4 Å². The van der Waals surface area contributed by atoms with E-state index in [1.807, 2.05) is 0 Å². The molecule has 0 aliphatic carbocycles. The molecule has 0 bridgehead atoms. The fourth-order valence-electron chi connectivity index (χ4n) is 2.02. The van der Waals surface area contributed by atoms with Crippen LogP contribution in [0.15, 0.2) is 0 Å². The molecule has 1 heterocycles. The van der Waals surface area contributed by atoms with Crippen LogP contribution in [0.4, 0.5) is 0 Å². The Balaban J connectivity index is 2.27. The van der Waals surface area contributed by atoms with Crippen molar-refractivity contribution in [2.75, 3.05) is 26.7 Å². The van der Waals surface area contributed by atoms with Gasteiger partial charge < -0.3 is 15.0 Å². The van der Waals surface area contributed by atoms with Crippen LogP contribution in [0.25, 0.3) is 0 Å². The average molecular weight is 228 g/mol. The molecule has 0 aromatic heterocycles. The summed E-state index contributed by atoms with van der Waals surface area (Å²) in [7, 11) is 1.40. The normalized spacial score (nSPS) is 21.5. The van der Waals surface area contributed by atoms with E-state index in [4.69, 9.17) is 0 Å². The number of hydrogen-bond acceptors (Lipinski definition) is 4. The third-order valence-electron chi connectivity index (χ3n) is 2.77. The van der Waals surface area contributed by atoms with Crippen LogP contribution in [0.5, 0.6) is 0 Å². The minimum absolute atomic E-state index is 0.0137. The summed E-state index contributed by atoms with van der Waals surface area (Å²) in [5, 5.41) is 2.92. The lowest BCUT2D eigenvalue weighted by atomic mass is 10.1. The molecule has 1 aliphatic rings. The molecule has 1 amide bonds. The van der Waals surface area contributed by atoms with E-state index in [0.29, 0.717) is 13.0 Å². The molecule has 0 aromatic carbocycles. The van der Waals surface area contributed by atoms with Crippen molar-refractivity contribution in [2.24, 2.45) is 0 Å². The van der Waals surface area contributed by atoms with Gasteiger partial charge in [-0.25, -0.2) is 0 Å². The second-order valence-electron chi connectivity index (χ2n) is 4.17. The molecular weight excluding hydrogens is 208 g/mol. The number of rotatable bonds is 4. The lowest BCUT2D eigenvalue weighted by Crippen LogP contribution is -2.47. The number of ether oxygens (including phenoxy) is 1. The zero-order valence-corrected chi connectivity index (χ0v) is 9.99. The summed E-state index contributed by atoms with van der Waals surface area (Å²) < 4.78 is 4.60. The number of nitrogens with one attached hydrogen (secondary N) is 1. The molecule has 1 atom stereocenters. The Morgan fingerprint density at radius 3 is 2.88 bits per heavy atom. The summed E-state index contributed by atoms with van der Waals surface area (Å²) in [6.07, 6.45) is 2.50. The van der Waals surface area contributed by atoms with Gasteiger partial charge in [0.1, 0.15) is 0 Å². The number of likely N-dealkylation sites (tertiary alicyclic amines) is 1. The molecule has 1 N–H and O–H groups in total. The fourth-order valence-corrected chi connectivity index (χ4v) is 2.02. The quantitative estimate of drug-likeness (QED) is 0.696. The summed E-state index contributed by atoms with van der Waals surface area (Å²) in [5.74, 6) is -0.165. The first-order chi connectivity index (χ1) is 7.61. The van der Waals surface area contributed by atoms with Gasteiger partial charge in [-0.3, -0.25) is 9.59 Å². The molecule has 1 unspecified atom stereocenters. The van der Waals surface area contributed by atoms with Gasteiger partial charge in [0, 0.05) is 26.1 Å². The Labute approximate surface area is 96.1 Å². The topological polar surface area (TPSA) is 58.6 Å². The molecule has 1 aliphatic heterocycles. The number of carbonyl (C=O) groups is 2. The highest BCUT2D eigenvalue weighted by Gasteiger charge is 2.20. The Morgan fingerprint density at radius 2 is 2.25 bits per heavy atom. The van der Waals surface area contributed by atoms with Crippen LogP contribution >= 0.6 is 0 Å². The molecular formula is C11H20N2O3. The molecule has 16 heavy (non-hydrogen) atoms. The van der Waals surface area contributed by atoms with Crippen LogP contribution in [0, 0.1) is 0 Å². The molecule has 0 saturated carbocycles. The van der Waals surface area contributed by atoms with Crippen molar-refractivity contribution in [1.82, 2.24) is 10.2 Å². The average Bonchev–Trinajstić information content (AvgIpc) is 2.25. The van der Waals surface area contributed by atoms with E-state index in [9.17, 15) is 9.59 Å². The van der Waals surface area contributed by atoms with Crippen molar-refractivity contribution in [2.45, 2.75) is 32.2 Å². The van der Waals surface area contributed by atoms with Gasteiger partial charge in [-0.15, -0.1) is 0 Å². The highest BCUT2D eigenvalue weighted by Crippen LogP contribution is 2.10. The first kappa shape index (κ1) is 13.0. The van der Waals surface area contributed by atoms with E-state index in [0.717, 1.165) is 25.9 Å².